The predicted molar refractivity (Wildman–Crippen MR) is 239 cm³/mol. The molecule has 14 heteroatoms. The average Bonchev–Trinajstić information content (AvgIpc) is 3.24. The fourth-order valence-electron chi connectivity index (χ4n) is 6.59. The lowest BCUT2D eigenvalue weighted by Gasteiger charge is -2.41. The van der Waals surface area contributed by atoms with Gasteiger partial charge in [0, 0.05) is 12.8 Å². The summed E-state index contributed by atoms with van der Waals surface area (Å²) in [5, 5.41) is 50.1. The second-order valence-corrected chi connectivity index (χ2v) is 17.3. The van der Waals surface area contributed by atoms with Crippen LogP contribution in [0.1, 0.15) is 168 Å². The van der Waals surface area contributed by atoms with E-state index in [1.165, 1.54) is 64.2 Å². The molecular weight excluding hydrogens is 803 g/mol. The first-order valence-corrected chi connectivity index (χ1v) is 24.6. The van der Waals surface area contributed by atoms with Crippen LogP contribution in [0.5, 0.6) is 0 Å². The van der Waals surface area contributed by atoms with E-state index in [9.17, 15) is 44.6 Å². The number of hydrogen-bond donors (Lipinski definition) is 6. The van der Waals surface area contributed by atoms with Gasteiger partial charge >= 0.3 is 19.8 Å². The summed E-state index contributed by atoms with van der Waals surface area (Å²) in [6.45, 7) is 3.21. The van der Waals surface area contributed by atoms with Crippen molar-refractivity contribution in [2.45, 2.75) is 211 Å². The smallest absolute Gasteiger partial charge is 0.462 e. The molecule has 0 aliphatic heterocycles. The van der Waals surface area contributed by atoms with Gasteiger partial charge in [0.05, 0.1) is 6.61 Å². The Morgan fingerprint density at radius 1 is 0.525 bits per heavy atom. The maximum absolute atomic E-state index is 12.8. The number of phosphoric acid groups is 1. The van der Waals surface area contributed by atoms with Crippen molar-refractivity contribution in [1.82, 2.24) is 0 Å². The van der Waals surface area contributed by atoms with E-state index in [4.69, 9.17) is 18.5 Å². The lowest BCUT2D eigenvalue weighted by Crippen LogP contribution is -2.64. The van der Waals surface area contributed by atoms with E-state index < -0.39 is 75.7 Å². The molecule has 0 heterocycles. The van der Waals surface area contributed by atoms with Gasteiger partial charge in [-0.1, -0.05) is 145 Å². The topological polar surface area (TPSA) is 210 Å². The summed E-state index contributed by atoms with van der Waals surface area (Å²) < 4.78 is 33.4. The van der Waals surface area contributed by atoms with Crippen LogP contribution in [0.4, 0.5) is 0 Å². The van der Waals surface area contributed by atoms with E-state index in [2.05, 4.69) is 62.5 Å². The third-order valence-corrected chi connectivity index (χ3v) is 11.3. The van der Waals surface area contributed by atoms with Crippen molar-refractivity contribution >= 4 is 19.8 Å². The highest BCUT2D eigenvalue weighted by Crippen LogP contribution is 2.47. The molecule has 1 saturated carbocycles. The molecule has 1 fully saturated rings. The number of allylic oxidation sites excluding steroid dienone is 10. The molecular formula is C47H81O13P. The van der Waals surface area contributed by atoms with Gasteiger partial charge in [0.2, 0.25) is 0 Å². The summed E-state index contributed by atoms with van der Waals surface area (Å²) in [7, 11) is -5.14. The Hall–Kier alpha value is -2.45. The quantitative estimate of drug-likeness (QED) is 0.0113. The molecule has 61 heavy (non-hydrogen) atoms. The van der Waals surface area contributed by atoms with E-state index in [0.29, 0.717) is 19.3 Å². The minimum Gasteiger partial charge on any atom is -0.462 e. The SMILES string of the molecule is CCCCCC/C=C/C=C/CCCCCCCC(=O)OC[C@H](COP(=O)(O)OC1C(O)C(O)C(O)[C@H](O)C1O)OC(=O)CCC/C=C/C/C=C/C/C=C/CCCCCCCC. The van der Waals surface area contributed by atoms with Gasteiger partial charge in [-0.15, -0.1) is 0 Å². The minimum absolute atomic E-state index is 0.0193. The zero-order chi connectivity index (χ0) is 45.0. The molecule has 0 aromatic heterocycles. The van der Waals surface area contributed by atoms with Crippen LogP contribution in [0.15, 0.2) is 60.8 Å². The number of esters is 2. The number of aliphatic hydroxyl groups excluding tert-OH is 5. The molecule has 0 bridgehead atoms. The average molecular weight is 885 g/mol. The molecule has 6 N–H and O–H groups in total. The van der Waals surface area contributed by atoms with Crippen molar-refractivity contribution in [2.24, 2.45) is 0 Å². The van der Waals surface area contributed by atoms with Crippen molar-refractivity contribution in [3.63, 3.8) is 0 Å². The first-order valence-electron chi connectivity index (χ1n) is 23.1. The van der Waals surface area contributed by atoms with Crippen LogP contribution >= 0.6 is 7.82 Å². The molecule has 0 aromatic rings. The first kappa shape index (κ1) is 56.6. The number of rotatable bonds is 37. The molecule has 0 aromatic carbocycles. The van der Waals surface area contributed by atoms with E-state index >= 15 is 0 Å². The molecule has 6 unspecified atom stereocenters. The maximum Gasteiger partial charge on any atom is 0.472 e. The maximum atomic E-state index is 12.8. The zero-order valence-electron chi connectivity index (χ0n) is 37.2. The Kier molecular flexibility index (Phi) is 34.3. The zero-order valence-corrected chi connectivity index (χ0v) is 38.1. The molecule has 0 radical (unpaired) electrons. The number of carbonyl (C=O) groups is 2. The van der Waals surface area contributed by atoms with Crippen molar-refractivity contribution in [3.05, 3.63) is 60.8 Å². The highest BCUT2D eigenvalue weighted by atomic mass is 31.2. The lowest BCUT2D eigenvalue weighted by molar-refractivity contribution is -0.220. The largest absolute Gasteiger partial charge is 0.472 e. The van der Waals surface area contributed by atoms with E-state index in [1.807, 2.05) is 12.2 Å². The third-order valence-electron chi connectivity index (χ3n) is 10.4. The van der Waals surface area contributed by atoms with Gasteiger partial charge in [-0.3, -0.25) is 18.6 Å². The second kappa shape index (κ2) is 37.0. The molecule has 352 valence electrons. The van der Waals surface area contributed by atoms with Crippen molar-refractivity contribution in [3.8, 4) is 0 Å². The number of aliphatic hydroxyl groups is 5. The molecule has 13 nitrogen and oxygen atoms in total. The highest BCUT2D eigenvalue weighted by molar-refractivity contribution is 7.47. The fraction of sp³-hybridized carbons (Fsp3) is 0.745. The summed E-state index contributed by atoms with van der Waals surface area (Å²) >= 11 is 0. The van der Waals surface area contributed by atoms with Crippen molar-refractivity contribution < 1.29 is 63.1 Å². The fourth-order valence-corrected chi connectivity index (χ4v) is 7.56. The molecule has 0 amide bonds. The summed E-state index contributed by atoms with van der Waals surface area (Å²) in [5.74, 6) is -1.18. The highest BCUT2D eigenvalue weighted by Gasteiger charge is 2.51. The van der Waals surface area contributed by atoms with Gasteiger partial charge in [0.15, 0.2) is 6.10 Å². The van der Waals surface area contributed by atoms with Crippen molar-refractivity contribution in [1.29, 1.82) is 0 Å². The first-order chi connectivity index (χ1) is 29.4. The van der Waals surface area contributed by atoms with Crippen LogP contribution in [0, 0.1) is 0 Å². The van der Waals surface area contributed by atoms with Crippen LogP contribution < -0.4 is 0 Å². The minimum atomic E-state index is -5.14. The Morgan fingerprint density at radius 2 is 0.951 bits per heavy atom. The van der Waals surface area contributed by atoms with Gasteiger partial charge in [0.25, 0.3) is 0 Å². The molecule has 1 aliphatic carbocycles. The van der Waals surface area contributed by atoms with Crippen LogP contribution in [0.25, 0.3) is 0 Å². The third kappa shape index (κ3) is 29.5. The van der Waals surface area contributed by atoms with Gasteiger partial charge in [0.1, 0.15) is 43.2 Å². The van der Waals surface area contributed by atoms with Gasteiger partial charge in [-0.2, -0.15) is 0 Å². The predicted octanol–water partition coefficient (Wildman–Crippen LogP) is 8.94. The standard InChI is InChI=1S/C47H81O13P/c1-3-5-7-9-11-13-15-17-19-20-22-24-26-28-30-32-34-36-41(49)59-39(38-58-61(55,56)60-47-45(53)43(51)42(50)44(52)46(47)54)37-57-40(48)35-33-31-29-27-25-23-21-18-16-14-12-10-8-6-4-2/h14,16-19,21-22,24,28,30,39,42-47,50-54H,3-13,15,20,23,25-27,29,31-38H2,1-2H3,(H,55,56)/b16-14+,19-17+,21-18+,24-22+,30-28+/t39-,42?,43+,44?,45?,46?,47?/m1/s1. The molecule has 8 atom stereocenters. The molecule has 0 saturated heterocycles. The molecule has 1 aliphatic rings. The Labute approximate surface area is 366 Å². The number of carbonyl (C=O) groups excluding carboxylic acids is 2. The van der Waals surface area contributed by atoms with Gasteiger partial charge in [-0.05, 0) is 70.6 Å². The number of ether oxygens (including phenoxy) is 2. The van der Waals surface area contributed by atoms with Gasteiger partial charge in [-0.25, -0.2) is 4.57 Å². The van der Waals surface area contributed by atoms with E-state index in [0.717, 1.165) is 57.8 Å². The summed E-state index contributed by atoms with van der Waals surface area (Å²) in [4.78, 5) is 35.7. The Bertz CT molecular complexity index is 1300. The van der Waals surface area contributed by atoms with Crippen LogP contribution in [0.2, 0.25) is 0 Å². The second-order valence-electron chi connectivity index (χ2n) is 15.9. The Balaban J connectivity index is 2.52. The van der Waals surface area contributed by atoms with Crippen molar-refractivity contribution in [2.75, 3.05) is 13.2 Å². The molecule has 0 spiro atoms. The number of phosphoric ester groups is 1. The van der Waals surface area contributed by atoms with Crippen LogP contribution in [-0.4, -0.2) is 98.3 Å². The molecule has 1 rings (SSSR count). The number of hydrogen-bond acceptors (Lipinski definition) is 12. The van der Waals surface area contributed by atoms with Gasteiger partial charge < -0.3 is 39.9 Å². The lowest BCUT2D eigenvalue weighted by atomic mass is 9.85. The monoisotopic (exact) mass is 885 g/mol. The summed E-state index contributed by atoms with van der Waals surface area (Å²) in [6, 6.07) is 0. The van der Waals surface area contributed by atoms with E-state index in [1.54, 1.807) is 0 Å². The van der Waals surface area contributed by atoms with Crippen LogP contribution in [-0.2, 0) is 32.7 Å². The van der Waals surface area contributed by atoms with Crippen LogP contribution in [0.3, 0.4) is 0 Å². The normalized spacial score (nSPS) is 22.6. The summed E-state index contributed by atoms with van der Waals surface area (Å²) in [5.41, 5.74) is 0. The van der Waals surface area contributed by atoms with E-state index in [-0.39, 0.29) is 12.8 Å². The summed E-state index contributed by atoms with van der Waals surface area (Å²) in [6.07, 6.45) is 31.4. The Morgan fingerprint density at radius 3 is 1.51 bits per heavy atom. The number of unbranched alkanes of at least 4 members (excludes halogenated alkanes) is 16.